The molecule has 2 rings (SSSR count). The van der Waals surface area contributed by atoms with Crippen molar-refractivity contribution >= 4 is 17.6 Å². The van der Waals surface area contributed by atoms with E-state index in [1.165, 1.54) is 25.3 Å². The fraction of sp³-hybridized carbons (Fsp3) is 0.263. The Morgan fingerprint density at radius 3 is 2.50 bits per heavy atom. The second kappa shape index (κ2) is 10.1. The van der Waals surface area contributed by atoms with E-state index in [1.807, 2.05) is 0 Å². The lowest BCUT2D eigenvalue weighted by Gasteiger charge is -2.13. The molecule has 0 spiro atoms. The van der Waals surface area contributed by atoms with Crippen LogP contribution in [0.4, 0.5) is 14.5 Å². The maximum absolute atomic E-state index is 12.4. The lowest BCUT2D eigenvalue weighted by molar-refractivity contribution is -0.119. The maximum Gasteiger partial charge on any atom is 0.387 e. The summed E-state index contributed by atoms with van der Waals surface area (Å²) < 4.78 is 44.4. The fourth-order valence-electron chi connectivity index (χ4n) is 2.25. The van der Waals surface area contributed by atoms with Gasteiger partial charge in [0.15, 0.2) is 18.1 Å². The van der Waals surface area contributed by atoms with Gasteiger partial charge in [-0.05, 0) is 37.3 Å². The van der Waals surface area contributed by atoms with Gasteiger partial charge in [0.1, 0.15) is 5.75 Å². The van der Waals surface area contributed by atoms with Crippen molar-refractivity contribution in [2.75, 3.05) is 25.6 Å². The smallest absolute Gasteiger partial charge is 0.387 e. The molecule has 2 aromatic carbocycles. The van der Waals surface area contributed by atoms with Gasteiger partial charge in [-0.15, -0.1) is 0 Å². The molecular formula is C19H19F2NO6. The van der Waals surface area contributed by atoms with Gasteiger partial charge in [-0.1, -0.05) is 12.1 Å². The number of para-hydroxylation sites is 2. The molecule has 0 unspecified atom stereocenters. The quantitative estimate of drug-likeness (QED) is 0.655. The van der Waals surface area contributed by atoms with E-state index in [-0.39, 0.29) is 23.7 Å². The molecule has 0 radical (unpaired) electrons. The number of ether oxygens (including phenoxy) is 4. The molecule has 0 saturated carbocycles. The van der Waals surface area contributed by atoms with Crippen LogP contribution in [0.15, 0.2) is 42.5 Å². The number of nitrogens with one attached hydrogen (secondary N) is 1. The summed E-state index contributed by atoms with van der Waals surface area (Å²) in [6.07, 6.45) is 0. The van der Waals surface area contributed by atoms with Crippen LogP contribution in [0.2, 0.25) is 0 Å². The van der Waals surface area contributed by atoms with E-state index in [9.17, 15) is 18.4 Å². The van der Waals surface area contributed by atoms with Crippen molar-refractivity contribution in [3.8, 4) is 17.2 Å². The largest absolute Gasteiger partial charge is 0.495 e. The Morgan fingerprint density at radius 1 is 1.07 bits per heavy atom. The number of amides is 1. The first-order valence-electron chi connectivity index (χ1n) is 8.26. The maximum atomic E-state index is 12.4. The Kier molecular flexibility index (Phi) is 7.55. The van der Waals surface area contributed by atoms with Gasteiger partial charge >= 0.3 is 12.6 Å². The van der Waals surface area contributed by atoms with Gasteiger partial charge in [-0.25, -0.2) is 4.79 Å². The van der Waals surface area contributed by atoms with Gasteiger partial charge in [0.2, 0.25) is 0 Å². The van der Waals surface area contributed by atoms with Gasteiger partial charge in [-0.2, -0.15) is 8.78 Å². The van der Waals surface area contributed by atoms with Crippen LogP contribution in [0.3, 0.4) is 0 Å². The molecule has 0 fully saturated rings. The van der Waals surface area contributed by atoms with Crippen molar-refractivity contribution in [1.29, 1.82) is 0 Å². The van der Waals surface area contributed by atoms with Gasteiger partial charge in [0, 0.05) is 0 Å². The number of carbonyl (C=O) groups is 2. The minimum absolute atomic E-state index is 0.0233. The molecule has 0 aliphatic carbocycles. The van der Waals surface area contributed by atoms with E-state index in [0.717, 1.165) is 0 Å². The highest BCUT2D eigenvalue weighted by Gasteiger charge is 2.17. The molecule has 7 nitrogen and oxygen atoms in total. The lowest BCUT2D eigenvalue weighted by atomic mass is 10.2. The topological polar surface area (TPSA) is 83.1 Å². The van der Waals surface area contributed by atoms with Crippen molar-refractivity contribution in [1.82, 2.24) is 0 Å². The average Bonchev–Trinajstić information content (AvgIpc) is 2.67. The van der Waals surface area contributed by atoms with E-state index >= 15 is 0 Å². The monoisotopic (exact) mass is 395 g/mol. The molecule has 0 atom stereocenters. The second-order valence-corrected chi connectivity index (χ2v) is 5.30. The summed E-state index contributed by atoms with van der Waals surface area (Å²) in [5, 5.41) is 2.56. The molecular weight excluding hydrogens is 376 g/mol. The van der Waals surface area contributed by atoms with Crippen LogP contribution in [0, 0.1) is 0 Å². The number of alkyl halides is 2. The highest BCUT2D eigenvalue weighted by Crippen LogP contribution is 2.30. The molecule has 2 aromatic rings. The highest BCUT2D eigenvalue weighted by molar-refractivity contribution is 5.96. The summed E-state index contributed by atoms with van der Waals surface area (Å²) in [6.45, 7) is -1.75. The number of halogens is 2. The number of methoxy groups -OCH3 is 1. The third kappa shape index (κ3) is 5.83. The SMILES string of the molecule is CCOc1cc(C(=O)OCC(=O)Nc2ccccc2OC)ccc1OC(F)F. The van der Waals surface area contributed by atoms with E-state index in [2.05, 4.69) is 10.1 Å². The number of hydrogen-bond donors (Lipinski definition) is 1. The predicted octanol–water partition coefficient (Wildman–Crippen LogP) is 3.49. The Labute approximate surface area is 160 Å². The number of benzene rings is 2. The van der Waals surface area contributed by atoms with Crippen molar-refractivity contribution in [3.63, 3.8) is 0 Å². The molecule has 0 aliphatic rings. The molecule has 28 heavy (non-hydrogen) atoms. The van der Waals surface area contributed by atoms with Crippen LogP contribution in [0.25, 0.3) is 0 Å². The normalized spacial score (nSPS) is 10.3. The Bertz CT molecular complexity index is 828. The number of anilines is 1. The molecule has 0 aromatic heterocycles. The minimum Gasteiger partial charge on any atom is -0.495 e. The van der Waals surface area contributed by atoms with E-state index in [0.29, 0.717) is 11.4 Å². The molecule has 9 heteroatoms. The number of esters is 1. The van der Waals surface area contributed by atoms with Gasteiger partial charge < -0.3 is 24.3 Å². The zero-order valence-corrected chi connectivity index (χ0v) is 15.2. The first kappa shape index (κ1) is 20.9. The third-order valence-corrected chi connectivity index (χ3v) is 3.41. The molecule has 0 bridgehead atoms. The summed E-state index contributed by atoms with van der Waals surface area (Å²) in [7, 11) is 1.46. The fourth-order valence-corrected chi connectivity index (χ4v) is 2.25. The predicted molar refractivity (Wildman–Crippen MR) is 96.1 cm³/mol. The Balaban J connectivity index is 2.00. The van der Waals surface area contributed by atoms with Gasteiger partial charge in [-0.3, -0.25) is 4.79 Å². The molecule has 150 valence electrons. The lowest BCUT2D eigenvalue weighted by Crippen LogP contribution is -2.21. The van der Waals surface area contributed by atoms with Crippen LogP contribution in [0.1, 0.15) is 17.3 Å². The molecule has 0 heterocycles. The van der Waals surface area contributed by atoms with E-state index in [1.54, 1.807) is 31.2 Å². The van der Waals surface area contributed by atoms with Crippen molar-refractivity contribution in [2.24, 2.45) is 0 Å². The van der Waals surface area contributed by atoms with Gasteiger partial charge in [0.25, 0.3) is 5.91 Å². The summed E-state index contributed by atoms with van der Waals surface area (Å²) in [6, 6.07) is 10.4. The molecule has 0 saturated heterocycles. The Morgan fingerprint density at radius 2 is 1.82 bits per heavy atom. The number of carbonyl (C=O) groups excluding carboxylic acids is 2. The van der Waals surface area contributed by atoms with E-state index < -0.39 is 25.1 Å². The van der Waals surface area contributed by atoms with Crippen LogP contribution in [-0.2, 0) is 9.53 Å². The summed E-state index contributed by atoms with van der Waals surface area (Å²) in [5.41, 5.74) is 0.452. The van der Waals surface area contributed by atoms with Crippen molar-refractivity contribution < 1.29 is 37.3 Å². The first-order chi connectivity index (χ1) is 13.4. The summed E-state index contributed by atoms with van der Waals surface area (Å²) in [5.74, 6) is -1.17. The van der Waals surface area contributed by atoms with Crippen LogP contribution in [-0.4, -0.2) is 38.8 Å². The third-order valence-electron chi connectivity index (χ3n) is 3.41. The minimum atomic E-state index is -3.03. The zero-order chi connectivity index (χ0) is 20.5. The zero-order valence-electron chi connectivity index (χ0n) is 15.2. The van der Waals surface area contributed by atoms with Crippen LogP contribution >= 0.6 is 0 Å². The molecule has 0 aliphatic heterocycles. The highest BCUT2D eigenvalue weighted by atomic mass is 19.3. The second-order valence-electron chi connectivity index (χ2n) is 5.30. The van der Waals surface area contributed by atoms with Gasteiger partial charge in [0.05, 0.1) is 25.0 Å². The number of rotatable bonds is 9. The van der Waals surface area contributed by atoms with Crippen molar-refractivity contribution in [3.05, 3.63) is 48.0 Å². The first-order valence-corrected chi connectivity index (χ1v) is 8.26. The van der Waals surface area contributed by atoms with Crippen molar-refractivity contribution in [2.45, 2.75) is 13.5 Å². The van der Waals surface area contributed by atoms with Crippen LogP contribution in [0.5, 0.6) is 17.2 Å². The molecule has 1 amide bonds. The standard InChI is InChI=1S/C19H19F2NO6/c1-3-26-16-10-12(8-9-15(16)28-19(20)21)18(24)27-11-17(23)22-13-6-4-5-7-14(13)25-2/h4-10,19H,3,11H2,1-2H3,(H,22,23). The number of hydrogen-bond acceptors (Lipinski definition) is 6. The summed E-state index contributed by atoms with van der Waals surface area (Å²) in [4.78, 5) is 24.1. The Hall–Kier alpha value is -3.36. The molecule has 1 N–H and O–H groups in total. The van der Waals surface area contributed by atoms with E-state index in [4.69, 9.17) is 14.2 Å². The average molecular weight is 395 g/mol. The summed E-state index contributed by atoms with van der Waals surface area (Å²) >= 11 is 0. The van der Waals surface area contributed by atoms with Crippen LogP contribution < -0.4 is 19.5 Å².